The molecule has 0 fully saturated rings. The average molecular weight is 617 g/mol. The number of methoxy groups -OCH3 is 1. The number of alkyl halides is 5. The van der Waals surface area contributed by atoms with Gasteiger partial charge in [-0.15, -0.1) is 8.78 Å². The highest BCUT2D eigenvalue weighted by molar-refractivity contribution is 5.89. The maximum atomic E-state index is 14.1. The molecule has 2 aliphatic rings. The SMILES string of the molecule is COC(=O)c1ccc(NC2CCCc3c(C(F)(F)F)nn(-c4cncc(O[C@@H](C)c5ccc6c(c5)OC(F)(F)O6)c4)c32)cc1. The molecule has 1 N–H and O–H groups in total. The molecule has 6 rings (SSSR count). The Hall–Kier alpha value is -4.88. The van der Waals surface area contributed by atoms with E-state index in [4.69, 9.17) is 9.47 Å². The summed E-state index contributed by atoms with van der Waals surface area (Å²) >= 11 is 0. The van der Waals surface area contributed by atoms with Crippen LogP contribution in [0.2, 0.25) is 0 Å². The van der Waals surface area contributed by atoms with Gasteiger partial charge < -0.3 is 24.3 Å². The summed E-state index contributed by atoms with van der Waals surface area (Å²) in [5.41, 5.74) is 1.12. The van der Waals surface area contributed by atoms with Crippen LogP contribution in [0.15, 0.2) is 60.9 Å². The van der Waals surface area contributed by atoms with Crippen molar-refractivity contribution in [3.63, 3.8) is 0 Å². The highest BCUT2D eigenvalue weighted by atomic mass is 19.4. The van der Waals surface area contributed by atoms with E-state index in [0.717, 1.165) is 0 Å². The summed E-state index contributed by atoms with van der Waals surface area (Å²) in [6, 6.07) is 11.6. The van der Waals surface area contributed by atoms with E-state index in [0.29, 0.717) is 35.3 Å². The zero-order valence-corrected chi connectivity index (χ0v) is 23.3. The highest BCUT2D eigenvalue weighted by Crippen LogP contribution is 2.43. The number of carbonyl (C=O) groups is 1. The number of carbonyl (C=O) groups excluding carboxylic acids is 1. The number of ether oxygens (including phenoxy) is 4. The van der Waals surface area contributed by atoms with E-state index in [-0.39, 0.29) is 34.9 Å². The van der Waals surface area contributed by atoms with Crippen LogP contribution in [0.25, 0.3) is 5.69 Å². The molecule has 9 nitrogen and oxygen atoms in total. The number of aromatic nitrogens is 3. The van der Waals surface area contributed by atoms with Crippen LogP contribution in [-0.2, 0) is 17.3 Å². The molecule has 2 aromatic heterocycles. The van der Waals surface area contributed by atoms with Gasteiger partial charge in [0.05, 0.1) is 42.5 Å². The number of esters is 1. The molecule has 0 radical (unpaired) electrons. The molecule has 4 aromatic rings. The number of anilines is 1. The number of hydrogen-bond acceptors (Lipinski definition) is 8. The van der Waals surface area contributed by atoms with E-state index in [2.05, 4.69) is 24.9 Å². The Morgan fingerprint density at radius 3 is 2.57 bits per heavy atom. The number of nitrogens with one attached hydrogen (secondary N) is 1. The van der Waals surface area contributed by atoms with Gasteiger partial charge in [-0.2, -0.15) is 18.3 Å². The zero-order valence-electron chi connectivity index (χ0n) is 23.3. The fourth-order valence-electron chi connectivity index (χ4n) is 5.35. The lowest BCUT2D eigenvalue weighted by molar-refractivity contribution is -0.286. The van der Waals surface area contributed by atoms with Crippen LogP contribution < -0.4 is 19.5 Å². The van der Waals surface area contributed by atoms with Crippen molar-refractivity contribution >= 4 is 11.7 Å². The molecule has 2 atom stereocenters. The molecule has 2 aromatic carbocycles. The van der Waals surface area contributed by atoms with Crippen LogP contribution in [0.5, 0.6) is 17.2 Å². The van der Waals surface area contributed by atoms with E-state index in [9.17, 15) is 26.7 Å². The van der Waals surface area contributed by atoms with Gasteiger partial charge in [-0.1, -0.05) is 6.07 Å². The second-order valence-electron chi connectivity index (χ2n) is 10.3. The normalized spacial score (nSPS) is 17.5. The van der Waals surface area contributed by atoms with Crippen LogP contribution in [-0.4, -0.2) is 34.1 Å². The maximum Gasteiger partial charge on any atom is 0.586 e. The van der Waals surface area contributed by atoms with Crippen molar-refractivity contribution in [3.8, 4) is 22.9 Å². The van der Waals surface area contributed by atoms with Crippen molar-refractivity contribution in [2.24, 2.45) is 0 Å². The van der Waals surface area contributed by atoms with Gasteiger partial charge in [-0.05, 0) is 68.1 Å². The van der Waals surface area contributed by atoms with Crippen molar-refractivity contribution in [2.75, 3.05) is 12.4 Å². The van der Waals surface area contributed by atoms with E-state index < -0.39 is 36.3 Å². The molecular formula is C30H25F5N4O5. The first kappa shape index (κ1) is 29.2. The van der Waals surface area contributed by atoms with E-state index in [1.54, 1.807) is 37.3 Å². The first-order valence-electron chi connectivity index (χ1n) is 13.6. The smallest absolute Gasteiger partial charge is 0.484 e. The summed E-state index contributed by atoms with van der Waals surface area (Å²) in [5.74, 6) is -0.542. The van der Waals surface area contributed by atoms with Gasteiger partial charge in [0, 0.05) is 17.3 Å². The number of nitrogens with zero attached hydrogens (tertiary/aromatic N) is 3. The second kappa shape index (κ2) is 11.0. The Kier molecular flexibility index (Phi) is 7.30. The van der Waals surface area contributed by atoms with Gasteiger partial charge in [-0.3, -0.25) is 4.98 Å². The first-order chi connectivity index (χ1) is 20.9. The Bertz CT molecular complexity index is 1710. The van der Waals surface area contributed by atoms with E-state index in [1.165, 1.54) is 42.4 Å². The predicted molar refractivity (Wildman–Crippen MR) is 145 cm³/mol. The summed E-state index contributed by atoms with van der Waals surface area (Å²) in [4.78, 5) is 16.0. The van der Waals surface area contributed by atoms with Gasteiger partial charge in [-0.25, -0.2) is 9.48 Å². The lowest BCUT2D eigenvalue weighted by atomic mass is 9.91. The number of benzene rings is 2. The van der Waals surface area contributed by atoms with Gasteiger partial charge in [0.15, 0.2) is 17.2 Å². The lowest BCUT2D eigenvalue weighted by Gasteiger charge is -2.27. The van der Waals surface area contributed by atoms with Gasteiger partial charge in [0.2, 0.25) is 0 Å². The quantitative estimate of drug-likeness (QED) is 0.175. The molecule has 14 heteroatoms. The molecule has 0 bridgehead atoms. The first-order valence-corrected chi connectivity index (χ1v) is 13.6. The van der Waals surface area contributed by atoms with Crippen LogP contribution in [0.4, 0.5) is 27.6 Å². The van der Waals surface area contributed by atoms with Crippen molar-refractivity contribution < 1.29 is 45.7 Å². The minimum atomic E-state index is -4.69. The zero-order chi connectivity index (χ0) is 31.2. The Morgan fingerprint density at radius 2 is 1.84 bits per heavy atom. The van der Waals surface area contributed by atoms with Crippen molar-refractivity contribution in [1.82, 2.24) is 14.8 Å². The van der Waals surface area contributed by atoms with Crippen LogP contribution in [0.3, 0.4) is 0 Å². The topological polar surface area (TPSA) is 96.7 Å². The van der Waals surface area contributed by atoms with E-state index in [1.807, 2.05) is 0 Å². The number of fused-ring (bicyclic) bond motifs is 2. The van der Waals surface area contributed by atoms with Crippen LogP contribution in [0, 0.1) is 0 Å². The summed E-state index contributed by atoms with van der Waals surface area (Å²) in [5, 5.41) is 7.28. The molecule has 1 aliphatic carbocycles. The molecule has 0 amide bonds. The molecule has 3 heterocycles. The molecule has 0 saturated heterocycles. The Labute approximate surface area is 247 Å². The number of rotatable bonds is 7. The third-order valence-electron chi connectivity index (χ3n) is 7.34. The third kappa shape index (κ3) is 5.71. The molecule has 1 unspecified atom stereocenters. The molecule has 0 spiro atoms. The number of hydrogen-bond donors (Lipinski definition) is 1. The van der Waals surface area contributed by atoms with Crippen molar-refractivity contribution in [1.29, 1.82) is 0 Å². The fraction of sp³-hybridized carbons (Fsp3) is 0.300. The standard InChI is InChI=1S/C30H25F5N4O5/c1-16(18-8-11-24-25(12-18)44-30(34,35)43-24)42-21-13-20(14-36-15-21)39-26-22(27(38-39)29(31,32)33)4-3-5-23(26)37-19-9-6-17(7-10-19)28(40)41-2/h6-16,23,37H,3-5H2,1-2H3/t16-,23?/m0/s1. The maximum absolute atomic E-state index is 14.1. The van der Waals surface area contributed by atoms with Crippen LogP contribution in [0.1, 0.15) is 64.8 Å². The largest absolute Gasteiger partial charge is 0.586 e. The fourth-order valence-corrected chi connectivity index (χ4v) is 5.35. The Balaban J connectivity index is 1.30. The minimum absolute atomic E-state index is 0.0873. The van der Waals surface area contributed by atoms with Gasteiger partial charge >= 0.3 is 18.4 Å². The predicted octanol–water partition coefficient (Wildman–Crippen LogP) is 7.02. The Morgan fingerprint density at radius 1 is 1.09 bits per heavy atom. The summed E-state index contributed by atoms with van der Waals surface area (Å²) in [6.07, 6.45) is -5.14. The number of halogens is 5. The monoisotopic (exact) mass is 616 g/mol. The minimum Gasteiger partial charge on any atom is -0.484 e. The summed E-state index contributed by atoms with van der Waals surface area (Å²) < 4.78 is 90.2. The lowest BCUT2D eigenvalue weighted by Crippen LogP contribution is -2.25. The second-order valence-corrected chi connectivity index (χ2v) is 10.3. The summed E-state index contributed by atoms with van der Waals surface area (Å²) in [6.45, 7) is 1.67. The van der Waals surface area contributed by atoms with Crippen LogP contribution >= 0.6 is 0 Å². The van der Waals surface area contributed by atoms with Crippen molar-refractivity contribution in [2.45, 2.75) is 50.8 Å². The van der Waals surface area contributed by atoms with Gasteiger partial charge in [0.1, 0.15) is 11.9 Å². The third-order valence-corrected chi connectivity index (χ3v) is 7.34. The van der Waals surface area contributed by atoms with E-state index >= 15 is 0 Å². The van der Waals surface area contributed by atoms with Crippen molar-refractivity contribution in [3.05, 3.63) is 89.0 Å². The molecular weight excluding hydrogens is 591 g/mol. The van der Waals surface area contributed by atoms with Gasteiger partial charge in [0.25, 0.3) is 0 Å². The highest BCUT2D eigenvalue weighted by Gasteiger charge is 2.44. The molecule has 0 saturated carbocycles. The molecule has 1 aliphatic heterocycles. The summed E-state index contributed by atoms with van der Waals surface area (Å²) in [7, 11) is 1.27. The number of pyridine rings is 1. The molecule has 44 heavy (non-hydrogen) atoms. The average Bonchev–Trinajstić information content (AvgIpc) is 3.54. The molecule has 230 valence electrons.